The Morgan fingerprint density at radius 1 is 1.33 bits per heavy atom. The number of benzene rings is 1. The predicted octanol–water partition coefficient (Wildman–Crippen LogP) is 2.80. The zero-order chi connectivity index (χ0) is 14.8. The van der Waals surface area contributed by atoms with E-state index in [2.05, 4.69) is 15.3 Å². The molecule has 3 rings (SSSR count). The molecule has 8 heteroatoms. The number of carboxylic acids is 1. The van der Waals surface area contributed by atoms with Crippen LogP contribution in [0.3, 0.4) is 0 Å². The van der Waals surface area contributed by atoms with Crippen molar-refractivity contribution in [2.24, 2.45) is 0 Å². The summed E-state index contributed by atoms with van der Waals surface area (Å²) in [6.07, 6.45) is 1.72. The van der Waals surface area contributed by atoms with Crippen molar-refractivity contribution in [1.29, 1.82) is 0 Å². The molecule has 0 amide bonds. The lowest BCUT2D eigenvalue weighted by atomic mass is 10.1. The van der Waals surface area contributed by atoms with E-state index in [1.54, 1.807) is 40.7 Å². The minimum Gasteiger partial charge on any atom is -0.476 e. The molecule has 0 fully saturated rings. The highest BCUT2D eigenvalue weighted by Gasteiger charge is 2.20. The minimum absolute atomic E-state index is 0.0816. The fourth-order valence-corrected chi connectivity index (χ4v) is 2.63. The van der Waals surface area contributed by atoms with E-state index < -0.39 is 5.97 Å². The largest absolute Gasteiger partial charge is 0.476 e. The quantitative estimate of drug-likeness (QED) is 0.799. The second-order valence-electron chi connectivity index (χ2n) is 4.22. The molecule has 0 saturated heterocycles. The minimum atomic E-state index is -1.12. The van der Waals surface area contributed by atoms with Crippen molar-refractivity contribution in [3.05, 3.63) is 51.6 Å². The lowest BCUT2D eigenvalue weighted by Crippen LogP contribution is -2.05. The van der Waals surface area contributed by atoms with Crippen LogP contribution in [-0.4, -0.2) is 31.1 Å². The molecule has 3 aromatic rings. The zero-order valence-electron chi connectivity index (χ0n) is 10.6. The van der Waals surface area contributed by atoms with Crippen LogP contribution < -0.4 is 0 Å². The maximum Gasteiger partial charge on any atom is 0.358 e. The maximum absolute atomic E-state index is 11.3. The summed E-state index contributed by atoms with van der Waals surface area (Å²) in [6.45, 7) is 0.420. The lowest BCUT2D eigenvalue weighted by molar-refractivity contribution is 0.0691. The molecule has 2 aromatic heterocycles. The van der Waals surface area contributed by atoms with Gasteiger partial charge in [-0.1, -0.05) is 28.9 Å². The molecule has 0 atom stereocenters. The highest BCUT2D eigenvalue weighted by molar-refractivity contribution is 7.09. The van der Waals surface area contributed by atoms with Gasteiger partial charge in [-0.15, -0.1) is 16.4 Å². The summed E-state index contributed by atoms with van der Waals surface area (Å²) < 4.78 is 1.56. The van der Waals surface area contributed by atoms with Gasteiger partial charge >= 0.3 is 5.97 Å². The molecule has 0 aliphatic heterocycles. The molecule has 1 N–H and O–H groups in total. The first-order chi connectivity index (χ1) is 10.1. The monoisotopic (exact) mass is 320 g/mol. The maximum atomic E-state index is 11.3. The molecule has 0 unspecified atom stereocenters. The number of halogens is 1. The number of carboxylic acid groups (broad SMARTS) is 1. The van der Waals surface area contributed by atoms with Crippen molar-refractivity contribution in [3.63, 3.8) is 0 Å². The summed E-state index contributed by atoms with van der Waals surface area (Å²) in [5, 5.41) is 17.6. The van der Waals surface area contributed by atoms with Gasteiger partial charge in [-0.3, -0.25) is 4.98 Å². The lowest BCUT2D eigenvalue weighted by Gasteiger charge is -2.06. The number of aromatic carboxylic acids is 1. The van der Waals surface area contributed by atoms with Crippen LogP contribution >= 0.6 is 22.9 Å². The summed E-state index contributed by atoms with van der Waals surface area (Å²) in [4.78, 5) is 16.3. The fraction of sp³-hybridized carbons (Fsp3) is 0.0769. The number of hydrogen-bond acceptors (Lipinski definition) is 5. The Balaban J connectivity index is 2.08. The third kappa shape index (κ3) is 2.79. The van der Waals surface area contributed by atoms with Crippen LogP contribution in [0.1, 0.15) is 15.4 Å². The smallest absolute Gasteiger partial charge is 0.358 e. The van der Waals surface area contributed by atoms with Gasteiger partial charge in [-0.25, -0.2) is 9.48 Å². The van der Waals surface area contributed by atoms with Crippen LogP contribution in [0.4, 0.5) is 0 Å². The summed E-state index contributed by atoms with van der Waals surface area (Å²) in [7, 11) is 0. The van der Waals surface area contributed by atoms with Crippen molar-refractivity contribution in [2.45, 2.75) is 6.54 Å². The van der Waals surface area contributed by atoms with Gasteiger partial charge in [0, 0.05) is 21.7 Å². The topological polar surface area (TPSA) is 80.9 Å². The van der Waals surface area contributed by atoms with Gasteiger partial charge < -0.3 is 5.11 Å². The van der Waals surface area contributed by atoms with E-state index >= 15 is 0 Å². The molecule has 1 aromatic carbocycles. The van der Waals surface area contributed by atoms with Gasteiger partial charge in [0.05, 0.1) is 12.1 Å². The average Bonchev–Trinajstić information content (AvgIpc) is 3.10. The van der Waals surface area contributed by atoms with Crippen molar-refractivity contribution in [3.8, 4) is 11.3 Å². The van der Waals surface area contributed by atoms with Crippen LogP contribution in [-0.2, 0) is 6.54 Å². The normalized spacial score (nSPS) is 10.7. The molecular formula is C13H9ClN4O2S. The molecule has 0 bridgehead atoms. The first-order valence-corrected chi connectivity index (χ1v) is 7.21. The third-order valence-electron chi connectivity index (χ3n) is 2.84. The average molecular weight is 321 g/mol. The summed E-state index contributed by atoms with van der Waals surface area (Å²) in [5.41, 5.74) is 2.78. The molecule has 0 aliphatic carbocycles. The number of hydrogen-bond donors (Lipinski definition) is 1. The molecule has 2 heterocycles. The third-order valence-corrected chi connectivity index (χ3v) is 3.86. The first kappa shape index (κ1) is 13.7. The van der Waals surface area contributed by atoms with E-state index in [4.69, 9.17) is 11.6 Å². The van der Waals surface area contributed by atoms with Crippen LogP contribution in [0, 0.1) is 0 Å². The van der Waals surface area contributed by atoms with Gasteiger partial charge in [-0.2, -0.15) is 0 Å². The SMILES string of the molecule is O=C(O)c1nnn(Cc2cncs2)c1-c1ccc(Cl)cc1. The van der Waals surface area contributed by atoms with Gasteiger partial charge in [0.25, 0.3) is 0 Å². The molecule has 21 heavy (non-hydrogen) atoms. The van der Waals surface area contributed by atoms with Gasteiger partial charge in [0.15, 0.2) is 5.69 Å². The molecule has 0 aliphatic rings. The van der Waals surface area contributed by atoms with E-state index in [1.165, 1.54) is 11.3 Å². The Labute approximate surface area is 128 Å². The van der Waals surface area contributed by atoms with E-state index in [-0.39, 0.29) is 5.69 Å². The predicted molar refractivity (Wildman–Crippen MR) is 78.6 cm³/mol. The zero-order valence-corrected chi connectivity index (χ0v) is 12.2. The Morgan fingerprint density at radius 2 is 2.10 bits per heavy atom. The highest BCUT2D eigenvalue weighted by Crippen LogP contribution is 2.25. The summed E-state index contributed by atoms with van der Waals surface area (Å²) >= 11 is 7.34. The van der Waals surface area contributed by atoms with Crippen molar-refractivity contribution < 1.29 is 9.90 Å². The molecule has 0 radical (unpaired) electrons. The molecule has 0 spiro atoms. The van der Waals surface area contributed by atoms with E-state index in [9.17, 15) is 9.90 Å². The standard InChI is InChI=1S/C13H9ClN4O2S/c14-9-3-1-8(2-4-9)12-11(13(19)20)16-17-18(12)6-10-5-15-7-21-10/h1-5,7H,6H2,(H,19,20). The van der Waals surface area contributed by atoms with Gasteiger partial charge in [0.1, 0.15) is 5.69 Å². The van der Waals surface area contributed by atoms with Crippen LogP contribution in [0.25, 0.3) is 11.3 Å². The number of nitrogens with zero attached hydrogens (tertiary/aromatic N) is 4. The first-order valence-electron chi connectivity index (χ1n) is 5.95. The van der Waals surface area contributed by atoms with Crippen LogP contribution in [0.15, 0.2) is 36.0 Å². The molecule has 6 nitrogen and oxygen atoms in total. The van der Waals surface area contributed by atoms with Gasteiger partial charge in [-0.05, 0) is 12.1 Å². The van der Waals surface area contributed by atoms with Crippen LogP contribution in [0.2, 0.25) is 5.02 Å². The van der Waals surface area contributed by atoms with Crippen molar-refractivity contribution in [2.75, 3.05) is 0 Å². The number of aromatic nitrogens is 4. The van der Waals surface area contributed by atoms with Crippen LogP contribution in [0.5, 0.6) is 0 Å². The Kier molecular flexibility index (Phi) is 3.68. The highest BCUT2D eigenvalue weighted by atomic mass is 35.5. The fourth-order valence-electron chi connectivity index (χ4n) is 1.93. The Bertz CT molecular complexity index is 768. The second kappa shape index (κ2) is 5.63. The molecular weight excluding hydrogens is 312 g/mol. The Hall–Kier alpha value is -2.25. The number of carbonyl (C=O) groups is 1. The number of rotatable bonds is 4. The van der Waals surface area contributed by atoms with Crippen molar-refractivity contribution in [1.82, 2.24) is 20.0 Å². The van der Waals surface area contributed by atoms with Crippen molar-refractivity contribution >= 4 is 28.9 Å². The van der Waals surface area contributed by atoms with E-state index in [0.29, 0.717) is 22.8 Å². The summed E-state index contributed by atoms with van der Waals surface area (Å²) in [5.74, 6) is -1.12. The van der Waals surface area contributed by atoms with E-state index in [1.807, 2.05) is 0 Å². The number of thiazole rings is 1. The molecule has 0 saturated carbocycles. The second-order valence-corrected chi connectivity index (χ2v) is 5.63. The molecule has 106 valence electrons. The summed E-state index contributed by atoms with van der Waals surface area (Å²) in [6, 6.07) is 6.90. The Morgan fingerprint density at radius 3 is 2.71 bits per heavy atom. The van der Waals surface area contributed by atoms with Gasteiger partial charge in [0.2, 0.25) is 0 Å². The van der Waals surface area contributed by atoms with E-state index in [0.717, 1.165) is 4.88 Å².